The number of rotatable bonds is 7. The number of hydrogen-bond donors (Lipinski definition) is 0. The molecule has 2 aromatic carbocycles. The summed E-state index contributed by atoms with van der Waals surface area (Å²) >= 11 is 5.83. The van der Waals surface area contributed by atoms with E-state index < -0.39 is 17.3 Å². The standard InChI is InChI=1S/C20H19ClF3N3O2/c1-3-19(28-2,11-27-13-25-12-26-27)17-9-8-16(10-18(17)20(22,23)24)29-15-6-4-14(21)5-7-15/h4-10,12-13H,3,11H2,1-2H3/t19-/m0/s1. The van der Waals surface area contributed by atoms with Crippen LogP contribution in [0.15, 0.2) is 55.1 Å². The maximum Gasteiger partial charge on any atom is 0.416 e. The summed E-state index contributed by atoms with van der Waals surface area (Å²) in [7, 11) is 1.39. The lowest BCUT2D eigenvalue weighted by Crippen LogP contribution is -2.35. The van der Waals surface area contributed by atoms with Gasteiger partial charge < -0.3 is 9.47 Å². The van der Waals surface area contributed by atoms with Crippen LogP contribution in [0.1, 0.15) is 24.5 Å². The minimum atomic E-state index is -4.60. The Morgan fingerprint density at radius 2 is 1.72 bits per heavy atom. The van der Waals surface area contributed by atoms with Crippen molar-refractivity contribution in [1.29, 1.82) is 0 Å². The number of aromatic nitrogens is 3. The van der Waals surface area contributed by atoms with Crippen molar-refractivity contribution in [3.05, 3.63) is 71.3 Å². The van der Waals surface area contributed by atoms with Crippen LogP contribution < -0.4 is 4.74 Å². The normalized spacial score (nSPS) is 13.9. The lowest BCUT2D eigenvalue weighted by atomic mass is 9.86. The van der Waals surface area contributed by atoms with Gasteiger partial charge in [0.05, 0.1) is 12.1 Å². The fraction of sp³-hybridized carbons (Fsp3) is 0.300. The van der Waals surface area contributed by atoms with Crippen molar-refractivity contribution in [3.63, 3.8) is 0 Å². The summed E-state index contributed by atoms with van der Waals surface area (Å²) in [6.45, 7) is 1.85. The predicted molar refractivity (Wildman–Crippen MR) is 102 cm³/mol. The number of hydrogen-bond acceptors (Lipinski definition) is 4. The Kier molecular flexibility index (Phi) is 6.14. The van der Waals surface area contributed by atoms with Crippen molar-refractivity contribution in [2.24, 2.45) is 0 Å². The zero-order valence-electron chi connectivity index (χ0n) is 15.8. The maximum absolute atomic E-state index is 13.9. The van der Waals surface area contributed by atoms with Gasteiger partial charge in [-0.15, -0.1) is 0 Å². The summed E-state index contributed by atoms with van der Waals surface area (Å²) in [5.41, 5.74) is -2.06. The molecule has 0 radical (unpaired) electrons. The van der Waals surface area contributed by atoms with E-state index in [0.717, 1.165) is 6.07 Å². The van der Waals surface area contributed by atoms with Crippen LogP contribution in [-0.2, 0) is 23.1 Å². The van der Waals surface area contributed by atoms with Crippen molar-refractivity contribution < 1.29 is 22.6 Å². The smallest absolute Gasteiger partial charge is 0.416 e. The van der Waals surface area contributed by atoms with Gasteiger partial charge in [0.25, 0.3) is 0 Å². The number of nitrogens with zero attached hydrogens (tertiary/aromatic N) is 3. The largest absolute Gasteiger partial charge is 0.457 e. The van der Waals surface area contributed by atoms with Crippen molar-refractivity contribution in [1.82, 2.24) is 14.8 Å². The highest BCUT2D eigenvalue weighted by molar-refractivity contribution is 6.30. The molecule has 1 atom stereocenters. The molecule has 0 bridgehead atoms. The summed E-state index contributed by atoms with van der Waals surface area (Å²) in [5, 5.41) is 4.51. The van der Waals surface area contributed by atoms with E-state index in [1.807, 2.05) is 0 Å². The molecular formula is C20H19ClF3N3O2. The lowest BCUT2D eigenvalue weighted by molar-refractivity contribution is -0.142. The highest BCUT2D eigenvalue weighted by Gasteiger charge is 2.42. The van der Waals surface area contributed by atoms with E-state index >= 15 is 0 Å². The molecule has 0 unspecified atom stereocenters. The van der Waals surface area contributed by atoms with Gasteiger partial charge in [-0.05, 0) is 48.4 Å². The van der Waals surface area contributed by atoms with Crippen LogP contribution in [0.5, 0.6) is 11.5 Å². The van der Waals surface area contributed by atoms with Crippen molar-refractivity contribution in [2.75, 3.05) is 7.11 Å². The van der Waals surface area contributed by atoms with E-state index in [1.165, 1.54) is 36.6 Å². The maximum atomic E-state index is 13.9. The van der Waals surface area contributed by atoms with E-state index in [0.29, 0.717) is 17.2 Å². The van der Waals surface area contributed by atoms with E-state index in [4.69, 9.17) is 21.1 Å². The van der Waals surface area contributed by atoms with Crippen LogP contribution in [0.4, 0.5) is 13.2 Å². The zero-order chi connectivity index (χ0) is 21.1. The first-order chi connectivity index (χ1) is 13.8. The molecule has 29 heavy (non-hydrogen) atoms. The van der Waals surface area contributed by atoms with Gasteiger partial charge in [0, 0.05) is 12.1 Å². The number of alkyl halides is 3. The average Bonchev–Trinajstić information content (AvgIpc) is 3.20. The molecule has 0 aliphatic carbocycles. The average molecular weight is 426 g/mol. The van der Waals surface area contributed by atoms with Crippen molar-refractivity contribution in [2.45, 2.75) is 31.7 Å². The Labute approximate surface area is 171 Å². The van der Waals surface area contributed by atoms with Gasteiger partial charge in [0.2, 0.25) is 0 Å². The Morgan fingerprint density at radius 1 is 1.03 bits per heavy atom. The summed E-state index contributed by atoms with van der Waals surface area (Å²) in [5.74, 6) is 0.441. The fourth-order valence-electron chi connectivity index (χ4n) is 3.14. The Morgan fingerprint density at radius 3 is 2.28 bits per heavy atom. The van der Waals surface area contributed by atoms with Crippen LogP contribution in [0.25, 0.3) is 0 Å². The third kappa shape index (κ3) is 4.71. The van der Waals surface area contributed by atoms with Crippen LogP contribution in [0, 0.1) is 0 Å². The molecule has 0 saturated heterocycles. The third-order valence-electron chi connectivity index (χ3n) is 4.68. The predicted octanol–water partition coefficient (Wildman–Crippen LogP) is 5.69. The minimum Gasteiger partial charge on any atom is -0.457 e. The highest BCUT2D eigenvalue weighted by atomic mass is 35.5. The van der Waals surface area contributed by atoms with Crippen molar-refractivity contribution in [3.8, 4) is 11.5 Å². The van der Waals surface area contributed by atoms with E-state index in [1.54, 1.807) is 31.2 Å². The molecule has 3 aromatic rings. The van der Waals surface area contributed by atoms with E-state index in [2.05, 4.69) is 10.1 Å². The SMILES string of the molecule is CC[C@@](Cn1cncn1)(OC)c1ccc(Oc2ccc(Cl)cc2)cc1C(F)(F)F. The van der Waals surface area contributed by atoms with Crippen LogP contribution >= 0.6 is 11.6 Å². The van der Waals surface area contributed by atoms with Gasteiger partial charge in [-0.2, -0.15) is 18.3 Å². The molecule has 0 N–H and O–H groups in total. The fourth-order valence-corrected chi connectivity index (χ4v) is 3.27. The Bertz CT molecular complexity index is 941. The minimum absolute atomic E-state index is 0.00829. The number of methoxy groups -OCH3 is 1. The monoisotopic (exact) mass is 425 g/mol. The summed E-state index contributed by atoms with van der Waals surface area (Å²) in [6.07, 6.45) is -1.54. The summed E-state index contributed by atoms with van der Waals surface area (Å²) in [4.78, 5) is 3.85. The second-order valence-corrected chi connectivity index (χ2v) is 6.84. The highest BCUT2D eigenvalue weighted by Crippen LogP contribution is 2.42. The number of halogens is 4. The molecule has 5 nitrogen and oxygen atoms in total. The molecule has 0 amide bonds. The van der Waals surface area contributed by atoms with Gasteiger partial charge >= 0.3 is 6.18 Å². The first-order valence-corrected chi connectivity index (χ1v) is 9.18. The van der Waals surface area contributed by atoms with E-state index in [9.17, 15) is 13.2 Å². The molecule has 0 aliphatic rings. The quantitative estimate of drug-likeness (QED) is 0.487. The molecule has 0 fully saturated rings. The molecule has 1 aromatic heterocycles. The van der Waals surface area contributed by atoms with Gasteiger partial charge in [-0.1, -0.05) is 24.6 Å². The lowest BCUT2D eigenvalue weighted by Gasteiger charge is -2.34. The van der Waals surface area contributed by atoms with Crippen LogP contribution in [0.2, 0.25) is 5.02 Å². The summed E-state index contributed by atoms with van der Waals surface area (Å²) in [6, 6.07) is 10.2. The Balaban J connectivity index is 2.03. The molecule has 0 spiro atoms. The van der Waals surface area contributed by atoms with Crippen LogP contribution in [-0.4, -0.2) is 21.9 Å². The summed E-state index contributed by atoms with van der Waals surface area (Å²) < 4.78 is 54.5. The van der Waals surface area contributed by atoms with Gasteiger partial charge in [-0.3, -0.25) is 0 Å². The van der Waals surface area contributed by atoms with E-state index in [-0.39, 0.29) is 17.9 Å². The topological polar surface area (TPSA) is 49.2 Å². The van der Waals surface area contributed by atoms with Gasteiger partial charge in [0.15, 0.2) is 0 Å². The number of ether oxygens (including phenoxy) is 2. The van der Waals surface area contributed by atoms with Crippen LogP contribution in [0.3, 0.4) is 0 Å². The first-order valence-electron chi connectivity index (χ1n) is 8.80. The molecule has 9 heteroatoms. The first kappa shape index (κ1) is 21.1. The molecule has 3 rings (SSSR count). The molecule has 0 aliphatic heterocycles. The molecule has 1 heterocycles. The molecular weight excluding hydrogens is 407 g/mol. The van der Waals surface area contributed by atoms with Crippen molar-refractivity contribution >= 4 is 11.6 Å². The zero-order valence-corrected chi connectivity index (χ0v) is 16.5. The van der Waals surface area contributed by atoms with Gasteiger partial charge in [0.1, 0.15) is 29.8 Å². The Hall–Kier alpha value is -2.58. The number of benzene rings is 2. The third-order valence-corrected chi connectivity index (χ3v) is 4.93. The molecule has 154 valence electrons. The molecule has 0 saturated carbocycles. The second-order valence-electron chi connectivity index (χ2n) is 6.41. The second kappa shape index (κ2) is 8.42. The van der Waals surface area contributed by atoms with Gasteiger partial charge in [-0.25, -0.2) is 9.67 Å².